The lowest BCUT2D eigenvalue weighted by Gasteiger charge is -2.38. The Morgan fingerprint density at radius 1 is 1.27 bits per heavy atom. The molecule has 7 heteroatoms. The first-order chi connectivity index (χ1) is 12.5. The molecule has 0 radical (unpaired) electrons. The molecule has 1 aliphatic heterocycles. The Hall–Kier alpha value is -2.98. The molecule has 1 aliphatic rings. The minimum absolute atomic E-state index is 0.127. The summed E-state index contributed by atoms with van der Waals surface area (Å²) >= 11 is 0. The van der Waals surface area contributed by atoms with Crippen LogP contribution in [0.3, 0.4) is 0 Å². The number of anilines is 1. The van der Waals surface area contributed by atoms with Gasteiger partial charge in [0.1, 0.15) is 11.9 Å². The molecule has 1 fully saturated rings. The summed E-state index contributed by atoms with van der Waals surface area (Å²) < 4.78 is 19.2. The fourth-order valence-corrected chi connectivity index (χ4v) is 3.30. The third kappa shape index (κ3) is 3.65. The maximum absolute atomic E-state index is 13.7. The standard InChI is InChI=1S/C19H18FN3O3/c20-16-3-1-2-15(11-16)19(6-8-26-9-7-19)13-22-18-5-4-17(23(24)25)10-14(18)12-21/h1-5,10-11,22H,6-9,13H2. The summed E-state index contributed by atoms with van der Waals surface area (Å²) in [5, 5.41) is 23.4. The van der Waals surface area contributed by atoms with Gasteiger partial charge >= 0.3 is 0 Å². The van der Waals surface area contributed by atoms with E-state index in [1.165, 1.54) is 30.3 Å². The number of halogens is 1. The van der Waals surface area contributed by atoms with Gasteiger partial charge in [-0.25, -0.2) is 4.39 Å². The average molecular weight is 355 g/mol. The summed E-state index contributed by atoms with van der Waals surface area (Å²) in [6, 6.07) is 12.7. The molecule has 134 valence electrons. The molecule has 0 spiro atoms. The van der Waals surface area contributed by atoms with Gasteiger partial charge in [-0.2, -0.15) is 5.26 Å². The number of nitrogens with one attached hydrogen (secondary N) is 1. The van der Waals surface area contributed by atoms with Crippen LogP contribution >= 0.6 is 0 Å². The van der Waals surface area contributed by atoms with Gasteiger partial charge in [0.2, 0.25) is 0 Å². The number of nitriles is 1. The van der Waals surface area contributed by atoms with Crippen LogP contribution in [0.2, 0.25) is 0 Å². The Kier molecular flexibility index (Phi) is 5.14. The summed E-state index contributed by atoms with van der Waals surface area (Å²) in [5.41, 5.74) is 1.17. The Morgan fingerprint density at radius 2 is 2.04 bits per heavy atom. The van der Waals surface area contributed by atoms with Gasteiger partial charge in [0.25, 0.3) is 5.69 Å². The SMILES string of the molecule is N#Cc1cc([N+](=O)[O-])ccc1NCC1(c2cccc(F)c2)CCOCC1. The Morgan fingerprint density at radius 3 is 2.69 bits per heavy atom. The first-order valence-corrected chi connectivity index (χ1v) is 8.30. The molecule has 0 bridgehead atoms. The predicted octanol–water partition coefficient (Wildman–Crippen LogP) is 3.77. The molecule has 1 heterocycles. The molecule has 2 aromatic rings. The van der Waals surface area contributed by atoms with E-state index >= 15 is 0 Å². The molecule has 0 atom stereocenters. The van der Waals surface area contributed by atoms with Crippen molar-refractivity contribution in [1.29, 1.82) is 5.26 Å². The van der Waals surface area contributed by atoms with E-state index in [9.17, 15) is 19.8 Å². The van der Waals surface area contributed by atoms with Gasteiger partial charge in [-0.05, 0) is 36.6 Å². The zero-order valence-electron chi connectivity index (χ0n) is 14.1. The van der Waals surface area contributed by atoms with Crippen LogP contribution in [0, 0.1) is 27.3 Å². The van der Waals surface area contributed by atoms with Gasteiger partial charge in [0.05, 0.1) is 16.2 Å². The van der Waals surface area contributed by atoms with Gasteiger partial charge in [-0.3, -0.25) is 10.1 Å². The van der Waals surface area contributed by atoms with Gasteiger partial charge in [-0.15, -0.1) is 0 Å². The smallest absolute Gasteiger partial charge is 0.270 e. The second-order valence-corrected chi connectivity index (χ2v) is 6.36. The lowest BCUT2D eigenvalue weighted by molar-refractivity contribution is -0.384. The van der Waals surface area contributed by atoms with Crippen molar-refractivity contribution in [1.82, 2.24) is 0 Å². The number of ether oxygens (including phenoxy) is 1. The van der Waals surface area contributed by atoms with E-state index < -0.39 is 4.92 Å². The highest BCUT2D eigenvalue weighted by atomic mass is 19.1. The zero-order valence-corrected chi connectivity index (χ0v) is 14.1. The Bertz CT molecular complexity index is 857. The molecule has 0 saturated carbocycles. The van der Waals surface area contributed by atoms with Crippen LogP contribution < -0.4 is 5.32 Å². The van der Waals surface area contributed by atoms with Crippen molar-refractivity contribution in [3.8, 4) is 6.07 Å². The van der Waals surface area contributed by atoms with Crippen molar-refractivity contribution >= 4 is 11.4 Å². The molecule has 26 heavy (non-hydrogen) atoms. The van der Waals surface area contributed by atoms with Crippen molar-refractivity contribution in [3.05, 3.63) is 69.5 Å². The molecule has 0 unspecified atom stereocenters. The maximum Gasteiger partial charge on any atom is 0.270 e. The summed E-state index contributed by atoms with van der Waals surface area (Å²) in [6.45, 7) is 1.62. The van der Waals surface area contributed by atoms with E-state index in [-0.39, 0.29) is 22.5 Å². The highest BCUT2D eigenvalue weighted by Crippen LogP contribution is 2.36. The molecule has 1 N–H and O–H groups in total. The number of nitrogens with zero attached hydrogens (tertiary/aromatic N) is 2. The molecule has 0 amide bonds. The number of rotatable bonds is 5. The highest BCUT2D eigenvalue weighted by Gasteiger charge is 2.34. The minimum atomic E-state index is -0.530. The van der Waals surface area contributed by atoms with Crippen molar-refractivity contribution in [2.75, 3.05) is 25.1 Å². The number of hydrogen-bond acceptors (Lipinski definition) is 5. The number of benzene rings is 2. The first kappa shape index (κ1) is 17.8. The second-order valence-electron chi connectivity index (χ2n) is 6.36. The van der Waals surface area contributed by atoms with Crippen LogP contribution in [-0.2, 0) is 10.2 Å². The van der Waals surface area contributed by atoms with Crippen LogP contribution in [0.5, 0.6) is 0 Å². The van der Waals surface area contributed by atoms with Gasteiger partial charge < -0.3 is 10.1 Å². The summed E-state index contributed by atoms with van der Waals surface area (Å²) in [4.78, 5) is 10.3. The van der Waals surface area contributed by atoms with E-state index in [1.807, 2.05) is 12.1 Å². The van der Waals surface area contributed by atoms with Crippen LogP contribution in [0.25, 0.3) is 0 Å². The number of non-ortho nitro benzene ring substituents is 1. The second kappa shape index (κ2) is 7.50. The molecule has 0 aliphatic carbocycles. The predicted molar refractivity (Wildman–Crippen MR) is 94.4 cm³/mol. The maximum atomic E-state index is 13.7. The van der Waals surface area contributed by atoms with Crippen LogP contribution in [0.15, 0.2) is 42.5 Å². The van der Waals surface area contributed by atoms with Gasteiger partial charge in [0.15, 0.2) is 0 Å². The summed E-state index contributed by atoms with van der Waals surface area (Å²) in [5.74, 6) is -0.290. The van der Waals surface area contributed by atoms with Crippen molar-refractivity contribution in [2.45, 2.75) is 18.3 Å². The van der Waals surface area contributed by atoms with Crippen molar-refractivity contribution in [3.63, 3.8) is 0 Å². The number of nitro benzene ring substituents is 1. The van der Waals surface area contributed by atoms with Gasteiger partial charge in [0, 0.05) is 37.3 Å². The van der Waals surface area contributed by atoms with E-state index in [1.54, 1.807) is 6.07 Å². The monoisotopic (exact) mass is 355 g/mol. The zero-order chi connectivity index (χ0) is 18.6. The first-order valence-electron chi connectivity index (χ1n) is 8.30. The lowest BCUT2D eigenvalue weighted by atomic mass is 9.74. The molecule has 2 aromatic carbocycles. The molecule has 3 rings (SSSR count). The quantitative estimate of drug-likeness (QED) is 0.651. The molecular weight excluding hydrogens is 337 g/mol. The summed E-state index contributed by atoms with van der Waals surface area (Å²) in [7, 11) is 0. The molecule has 0 aromatic heterocycles. The fourth-order valence-electron chi connectivity index (χ4n) is 3.30. The number of hydrogen-bond donors (Lipinski definition) is 1. The minimum Gasteiger partial charge on any atom is -0.383 e. The van der Waals surface area contributed by atoms with Crippen molar-refractivity contribution < 1.29 is 14.1 Å². The largest absolute Gasteiger partial charge is 0.383 e. The normalized spacial score (nSPS) is 15.8. The average Bonchev–Trinajstić information content (AvgIpc) is 2.67. The lowest BCUT2D eigenvalue weighted by Crippen LogP contribution is -2.40. The summed E-state index contributed by atoms with van der Waals surface area (Å²) in [6.07, 6.45) is 1.44. The van der Waals surface area contributed by atoms with E-state index in [0.717, 1.165) is 18.4 Å². The highest BCUT2D eigenvalue weighted by molar-refractivity contribution is 5.61. The van der Waals surface area contributed by atoms with E-state index in [0.29, 0.717) is 25.4 Å². The molecule has 6 nitrogen and oxygen atoms in total. The Labute approximate surface area is 150 Å². The van der Waals surface area contributed by atoms with Crippen molar-refractivity contribution in [2.24, 2.45) is 0 Å². The molecular formula is C19H18FN3O3. The topological polar surface area (TPSA) is 88.2 Å². The van der Waals surface area contributed by atoms with Crippen LogP contribution in [0.4, 0.5) is 15.8 Å². The van der Waals surface area contributed by atoms with Crippen LogP contribution in [-0.4, -0.2) is 24.7 Å². The third-order valence-corrected chi connectivity index (χ3v) is 4.84. The van der Waals surface area contributed by atoms with Crippen LogP contribution in [0.1, 0.15) is 24.0 Å². The van der Waals surface area contributed by atoms with E-state index in [4.69, 9.17) is 4.74 Å². The fraction of sp³-hybridized carbons (Fsp3) is 0.316. The van der Waals surface area contributed by atoms with Gasteiger partial charge in [-0.1, -0.05) is 12.1 Å². The third-order valence-electron chi connectivity index (χ3n) is 4.84. The Balaban J connectivity index is 1.87. The van der Waals surface area contributed by atoms with E-state index in [2.05, 4.69) is 5.32 Å². The molecule has 1 saturated heterocycles. The number of nitro groups is 1.